The van der Waals surface area contributed by atoms with Gasteiger partial charge in [-0.1, -0.05) is 18.3 Å². The number of piperidine rings is 1. The number of thiazole rings is 1. The molecule has 5 rings (SSSR count). The third-order valence-corrected chi connectivity index (χ3v) is 6.61. The zero-order valence-electron chi connectivity index (χ0n) is 14.4. The average Bonchev–Trinajstić information content (AvgIpc) is 3.14. The van der Waals surface area contributed by atoms with Crippen LogP contribution in [-0.2, 0) is 13.1 Å². The maximum absolute atomic E-state index is 4.47. The summed E-state index contributed by atoms with van der Waals surface area (Å²) >= 11 is 3.28. The monoisotopic (exact) mass is 363 g/mol. The topological polar surface area (TPSA) is 45.2 Å². The Morgan fingerprint density at radius 3 is 2.92 bits per heavy atom. The zero-order chi connectivity index (χ0) is 16.5. The van der Waals surface area contributed by atoms with Gasteiger partial charge in [-0.05, 0) is 36.2 Å². The van der Waals surface area contributed by atoms with Crippen LogP contribution in [0.15, 0.2) is 10.9 Å². The molecule has 5 heterocycles. The van der Waals surface area contributed by atoms with Crippen LogP contribution in [0.4, 0.5) is 0 Å². The van der Waals surface area contributed by atoms with Crippen LogP contribution in [0.3, 0.4) is 0 Å². The molecule has 3 aliphatic heterocycles. The van der Waals surface area contributed by atoms with E-state index < -0.39 is 0 Å². The van der Waals surface area contributed by atoms with Crippen molar-refractivity contribution >= 4 is 22.9 Å². The van der Waals surface area contributed by atoms with E-state index in [9.17, 15) is 0 Å². The summed E-state index contributed by atoms with van der Waals surface area (Å²) in [4.78, 5) is 11.1. The van der Waals surface area contributed by atoms with Gasteiger partial charge in [0.2, 0.25) is 0 Å². The molecule has 0 spiro atoms. The Morgan fingerprint density at radius 2 is 2.12 bits per heavy atom. The predicted molar refractivity (Wildman–Crippen MR) is 98.3 cm³/mol. The quantitative estimate of drug-likeness (QED) is 0.816. The smallest absolute Gasteiger partial charge is 0.0826 e. The summed E-state index contributed by atoms with van der Waals surface area (Å²) in [5.41, 5.74) is 4.36. The van der Waals surface area contributed by atoms with Gasteiger partial charge in [0.1, 0.15) is 0 Å². The van der Waals surface area contributed by atoms with Gasteiger partial charge in [0, 0.05) is 44.1 Å². The molecule has 0 aromatic carbocycles. The maximum Gasteiger partial charge on any atom is 0.0826 e. The average molecular weight is 364 g/mol. The van der Waals surface area contributed by atoms with E-state index in [0.717, 1.165) is 25.6 Å². The predicted octanol–water partition coefficient (Wildman–Crippen LogP) is 3.21. The summed E-state index contributed by atoms with van der Waals surface area (Å²) in [6.07, 6.45) is 2.69. The van der Waals surface area contributed by atoms with E-state index in [0.29, 0.717) is 12.0 Å². The SMILES string of the molecule is CC(C)c1nnsc1CN1C[C@H]2CC[C@@H]1CN(Cc1cscn1)C2. The third-order valence-electron chi connectivity index (χ3n) is 5.25. The van der Waals surface area contributed by atoms with E-state index in [1.54, 1.807) is 22.9 Å². The van der Waals surface area contributed by atoms with Gasteiger partial charge < -0.3 is 0 Å². The first kappa shape index (κ1) is 16.6. The van der Waals surface area contributed by atoms with Crippen LogP contribution in [0.2, 0.25) is 0 Å². The minimum atomic E-state index is 0.462. The Labute approximate surface area is 151 Å². The Bertz CT molecular complexity index is 654. The summed E-state index contributed by atoms with van der Waals surface area (Å²) in [6, 6.07) is 0.657. The number of fused-ring (bicyclic) bond motifs is 4. The molecular weight excluding hydrogens is 338 g/mol. The highest BCUT2D eigenvalue weighted by molar-refractivity contribution is 7.07. The molecule has 2 aromatic heterocycles. The van der Waals surface area contributed by atoms with Crippen molar-refractivity contribution in [2.24, 2.45) is 5.92 Å². The van der Waals surface area contributed by atoms with Crippen LogP contribution in [0.25, 0.3) is 0 Å². The fourth-order valence-electron chi connectivity index (χ4n) is 4.09. The normalized spacial score (nSPS) is 25.5. The molecule has 0 saturated carbocycles. The van der Waals surface area contributed by atoms with Crippen LogP contribution < -0.4 is 0 Å². The summed E-state index contributed by atoms with van der Waals surface area (Å²) in [5.74, 6) is 1.25. The number of rotatable bonds is 5. The minimum Gasteiger partial charge on any atom is -0.296 e. The van der Waals surface area contributed by atoms with Crippen molar-refractivity contribution < 1.29 is 0 Å². The molecule has 2 aromatic rings. The number of hydrogen-bond acceptors (Lipinski definition) is 7. The second kappa shape index (κ2) is 7.15. The highest BCUT2D eigenvalue weighted by Gasteiger charge is 2.35. The van der Waals surface area contributed by atoms with Crippen molar-refractivity contribution in [1.29, 1.82) is 0 Å². The number of hydrogen-bond donors (Lipinski definition) is 0. The number of nitrogens with zero attached hydrogens (tertiary/aromatic N) is 5. The molecule has 0 unspecified atom stereocenters. The Morgan fingerprint density at radius 1 is 1.21 bits per heavy atom. The summed E-state index contributed by atoms with van der Waals surface area (Å²) < 4.78 is 4.21. The van der Waals surface area contributed by atoms with Crippen molar-refractivity contribution in [1.82, 2.24) is 24.4 Å². The first-order valence-electron chi connectivity index (χ1n) is 8.83. The summed E-state index contributed by atoms with van der Waals surface area (Å²) in [6.45, 7) is 10.0. The molecule has 5 nitrogen and oxygen atoms in total. The molecule has 0 aliphatic carbocycles. The highest BCUT2D eigenvalue weighted by Crippen LogP contribution is 2.31. The first-order valence-corrected chi connectivity index (χ1v) is 10.5. The van der Waals surface area contributed by atoms with E-state index in [-0.39, 0.29) is 0 Å². The van der Waals surface area contributed by atoms with Crippen molar-refractivity contribution in [3.8, 4) is 0 Å². The second-order valence-electron chi connectivity index (χ2n) is 7.44. The first-order chi connectivity index (χ1) is 11.7. The number of aromatic nitrogens is 3. The molecule has 3 aliphatic rings. The van der Waals surface area contributed by atoms with Gasteiger partial charge in [-0.2, -0.15) is 0 Å². The van der Waals surface area contributed by atoms with Crippen molar-refractivity contribution in [3.63, 3.8) is 0 Å². The summed E-state index contributed by atoms with van der Waals surface area (Å²) in [7, 11) is 0. The van der Waals surface area contributed by atoms with Crippen LogP contribution in [0.1, 0.15) is 48.9 Å². The molecule has 3 fully saturated rings. The molecule has 130 valence electrons. The fourth-order valence-corrected chi connectivity index (χ4v) is 5.46. The van der Waals surface area contributed by atoms with Crippen molar-refractivity contribution in [2.45, 2.75) is 51.7 Å². The molecule has 0 radical (unpaired) electrons. The van der Waals surface area contributed by atoms with Gasteiger partial charge in [-0.3, -0.25) is 9.80 Å². The fraction of sp³-hybridized carbons (Fsp3) is 0.706. The summed E-state index contributed by atoms with van der Waals surface area (Å²) in [5, 5.41) is 6.54. The largest absolute Gasteiger partial charge is 0.296 e. The lowest BCUT2D eigenvalue weighted by Crippen LogP contribution is -2.43. The molecule has 0 amide bonds. The van der Waals surface area contributed by atoms with Gasteiger partial charge in [-0.15, -0.1) is 16.4 Å². The molecule has 2 atom stereocenters. The molecule has 2 bridgehead atoms. The van der Waals surface area contributed by atoms with E-state index >= 15 is 0 Å². The lowest BCUT2D eigenvalue weighted by atomic mass is 9.95. The van der Waals surface area contributed by atoms with Crippen LogP contribution in [0, 0.1) is 5.92 Å². The highest BCUT2D eigenvalue weighted by atomic mass is 32.1. The maximum atomic E-state index is 4.47. The Balaban J connectivity index is 1.45. The van der Waals surface area contributed by atoms with Crippen molar-refractivity contribution in [2.75, 3.05) is 19.6 Å². The minimum absolute atomic E-state index is 0.462. The molecule has 3 saturated heterocycles. The van der Waals surface area contributed by atoms with E-state index in [1.807, 2.05) is 5.51 Å². The standard InChI is InChI=1S/C17H25N5S2/c1-12(2)17-16(24-20-19-17)9-22-6-13-3-4-15(22)8-21(5-13)7-14-10-23-11-18-14/h10-13,15H,3-9H2,1-2H3/t13-,15+/m0/s1. The van der Waals surface area contributed by atoms with Crippen molar-refractivity contribution in [3.05, 3.63) is 27.2 Å². The van der Waals surface area contributed by atoms with Crippen LogP contribution >= 0.6 is 22.9 Å². The molecular formula is C17H25N5S2. The van der Waals surface area contributed by atoms with Gasteiger partial charge in [0.25, 0.3) is 0 Å². The third kappa shape index (κ3) is 3.54. The Kier molecular flexibility index (Phi) is 4.94. The van der Waals surface area contributed by atoms with E-state index in [4.69, 9.17) is 0 Å². The van der Waals surface area contributed by atoms with E-state index in [2.05, 4.69) is 43.6 Å². The lowest BCUT2D eigenvalue weighted by Gasteiger charge is -2.36. The van der Waals surface area contributed by atoms with E-state index in [1.165, 1.54) is 42.2 Å². The van der Waals surface area contributed by atoms with Crippen LogP contribution in [0.5, 0.6) is 0 Å². The van der Waals surface area contributed by atoms with Crippen LogP contribution in [-0.4, -0.2) is 50.0 Å². The van der Waals surface area contributed by atoms with Gasteiger partial charge >= 0.3 is 0 Å². The lowest BCUT2D eigenvalue weighted by molar-refractivity contribution is 0.124. The molecule has 0 N–H and O–H groups in total. The van der Waals surface area contributed by atoms with Gasteiger partial charge in [-0.25, -0.2) is 4.98 Å². The van der Waals surface area contributed by atoms with Gasteiger partial charge in [0.05, 0.1) is 21.8 Å². The Hall–Kier alpha value is -0.890. The zero-order valence-corrected chi connectivity index (χ0v) is 16.0. The second-order valence-corrected chi connectivity index (χ2v) is 8.99. The molecule has 24 heavy (non-hydrogen) atoms. The molecule has 7 heteroatoms. The van der Waals surface area contributed by atoms with Gasteiger partial charge in [0.15, 0.2) is 0 Å².